The Hall–Kier alpha value is -2.46. The highest BCUT2D eigenvalue weighted by Crippen LogP contribution is 2.45. The highest BCUT2D eigenvalue weighted by molar-refractivity contribution is 9.10. The maximum absolute atomic E-state index is 14.3. The molecular weight excluding hydrogens is 510 g/mol. The number of rotatable bonds is 6. The Balaban J connectivity index is 1.91. The lowest BCUT2D eigenvalue weighted by Gasteiger charge is -2.39. The van der Waals surface area contributed by atoms with Crippen LogP contribution in [-0.2, 0) is 20.5 Å². The molecule has 0 aromatic heterocycles. The number of amides is 1. The van der Waals surface area contributed by atoms with Gasteiger partial charge in [-0.2, -0.15) is 13.2 Å². The van der Waals surface area contributed by atoms with Gasteiger partial charge in [-0.15, -0.1) is 0 Å². The monoisotopic (exact) mass is 531 g/mol. The first-order valence-corrected chi connectivity index (χ1v) is 11.0. The van der Waals surface area contributed by atoms with Gasteiger partial charge in [0.25, 0.3) is 0 Å². The molecule has 1 aliphatic carbocycles. The number of carbonyl (C=O) groups excluding carboxylic acids is 1. The van der Waals surface area contributed by atoms with Gasteiger partial charge in [0.15, 0.2) is 0 Å². The van der Waals surface area contributed by atoms with E-state index in [0.29, 0.717) is 25.2 Å². The number of anilines is 1. The van der Waals surface area contributed by atoms with E-state index in [1.165, 1.54) is 7.11 Å². The van der Waals surface area contributed by atoms with Crippen LogP contribution in [0.4, 0.5) is 23.2 Å². The number of benzene rings is 2. The van der Waals surface area contributed by atoms with Crippen molar-refractivity contribution in [2.45, 2.75) is 24.9 Å². The summed E-state index contributed by atoms with van der Waals surface area (Å²) in [6.07, 6.45) is -4.07. The third kappa shape index (κ3) is 5.92. The van der Waals surface area contributed by atoms with Gasteiger partial charge in [-0.25, -0.2) is 4.39 Å². The third-order valence-electron chi connectivity index (χ3n) is 5.92. The fourth-order valence-corrected chi connectivity index (χ4v) is 4.71. The number of aliphatic carboxylic acids is 1. The molecule has 1 fully saturated rings. The molecule has 4 atom stereocenters. The van der Waals surface area contributed by atoms with Crippen molar-refractivity contribution in [1.29, 1.82) is 0 Å². The molecule has 4 unspecified atom stereocenters. The minimum atomic E-state index is -4.73. The summed E-state index contributed by atoms with van der Waals surface area (Å²) in [5.41, 5.74) is -0.884. The second kappa shape index (κ2) is 10.2. The fourth-order valence-electron chi connectivity index (χ4n) is 4.45. The van der Waals surface area contributed by atoms with Crippen LogP contribution in [0.5, 0.6) is 0 Å². The van der Waals surface area contributed by atoms with Crippen LogP contribution >= 0.6 is 15.9 Å². The zero-order valence-electron chi connectivity index (χ0n) is 17.5. The van der Waals surface area contributed by atoms with Gasteiger partial charge in [0.1, 0.15) is 5.82 Å². The van der Waals surface area contributed by atoms with Crippen molar-refractivity contribution in [3.63, 3.8) is 0 Å². The van der Waals surface area contributed by atoms with Crippen LogP contribution in [0.2, 0.25) is 0 Å². The normalized spacial score (nSPS) is 23.2. The minimum absolute atomic E-state index is 0.132. The number of hydrogen-bond donors (Lipinski definition) is 2. The summed E-state index contributed by atoms with van der Waals surface area (Å²) in [5, 5.41) is 12.3. The lowest BCUT2D eigenvalue weighted by molar-refractivity contribution is -0.150. The van der Waals surface area contributed by atoms with E-state index < -0.39 is 52.9 Å². The van der Waals surface area contributed by atoms with Gasteiger partial charge in [0.2, 0.25) is 5.91 Å². The van der Waals surface area contributed by atoms with E-state index in [4.69, 9.17) is 4.74 Å². The summed E-state index contributed by atoms with van der Waals surface area (Å²) in [4.78, 5) is 25.3. The zero-order valence-corrected chi connectivity index (χ0v) is 19.1. The lowest BCUT2D eigenvalue weighted by atomic mass is 9.65. The molecule has 0 radical (unpaired) electrons. The third-order valence-corrected chi connectivity index (χ3v) is 6.45. The molecule has 0 aliphatic heterocycles. The molecule has 2 aromatic carbocycles. The van der Waals surface area contributed by atoms with E-state index in [9.17, 15) is 32.3 Å². The average molecular weight is 532 g/mol. The Morgan fingerprint density at radius 2 is 1.82 bits per heavy atom. The van der Waals surface area contributed by atoms with E-state index in [0.717, 1.165) is 16.1 Å². The Labute approximate surface area is 196 Å². The molecular formula is C23H22BrF4NO4. The van der Waals surface area contributed by atoms with Gasteiger partial charge in [-0.1, -0.05) is 28.1 Å². The molecule has 2 aromatic rings. The Kier molecular flexibility index (Phi) is 7.79. The summed E-state index contributed by atoms with van der Waals surface area (Å²) in [6.45, 7) is 0.303. The largest absolute Gasteiger partial charge is 0.481 e. The molecule has 178 valence electrons. The van der Waals surface area contributed by atoms with Crippen molar-refractivity contribution in [1.82, 2.24) is 0 Å². The number of alkyl halides is 3. The number of methoxy groups -OCH3 is 1. The first kappa shape index (κ1) is 25.2. The number of nitrogens with one attached hydrogen (secondary N) is 1. The topological polar surface area (TPSA) is 75.6 Å². The second-order valence-electron chi connectivity index (χ2n) is 8.10. The SMILES string of the molecule is COCC1CC(C(=O)Nc2ccc(C(F)(F)F)cc2F)C(C(=O)O)C(c2ccc(Br)cc2)C1. The van der Waals surface area contributed by atoms with Crippen molar-refractivity contribution < 1.29 is 37.0 Å². The summed E-state index contributed by atoms with van der Waals surface area (Å²) in [5.74, 6) is -5.96. The Morgan fingerprint density at radius 1 is 1.15 bits per heavy atom. The van der Waals surface area contributed by atoms with Crippen molar-refractivity contribution in [2.75, 3.05) is 19.0 Å². The molecule has 5 nitrogen and oxygen atoms in total. The molecule has 1 amide bonds. The smallest absolute Gasteiger partial charge is 0.416 e. The van der Waals surface area contributed by atoms with Crippen molar-refractivity contribution in [3.8, 4) is 0 Å². The van der Waals surface area contributed by atoms with Crippen LogP contribution < -0.4 is 5.32 Å². The van der Waals surface area contributed by atoms with Gasteiger partial charge in [-0.05, 0) is 60.6 Å². The summed E-state index contributed by atoms with van der Waals surface area (Å²) in [7, 11) is 1.50. The maximum atomic E-state index is 14.3. The van der Waals surface area contributed by atoms with E-state index in [-0.39, 0.29) is 12.3 Å². The van der Waals surface area contributed by atoms with Crippen LogP contribution in [0.15, 0.2) is 46.9 Å². The van der Waals surface area contributed by atoms with Crippen LogP contribution in [-0.4, -0.2) is 30.7 Å². The minimum Gasteiger partial charge on any atom is -0.481 e. The van der Waals surface area contributed by atoms with Crippen LogP contribution in [0.25, 0.3) is 0 Å². The Bertz CT molecular complexity index is 1010. The lowest BCUT2D eigenvalue weighted by Crippen LogP contribution is -2.43. The van der Waals surface area contributed by atoms with E-state index in [2.05, 4.69) is 21.2 Å². The first-order valence-electron chi connectivity index (χ1n) is 10.2. The number of hydrogen-bond acceptors (Lipinski definition) is 3. The van der Waals surface area contributed by atoms with Gasteiger partial charge >= 0.3 is 12.1 Å². The molecule has 1 saturated carbocycles. The molecule has 0 saturated heterocycles. The number of ether oxygens (including phenoxy) is 1. The van der Waals surface area contributed by atoms with Crippen LogP contribution in [0, 0.1) is 23.6 Å². The molecule has 2 N–H and O–H groups in total. The summed E-state index contributed by atoms with van der Waals surface area (Å²) in [6, 6.07) is 8.90. The van der Waals surface area contributed by atoms with Gasteiger partial charge in [-0.3, -0.25) is 9.59 Å². The molecule has 1 aliphatic rings. The average Bonchev–Trinajstić information content (AvgIpc) is 2.74. The van der Waals surface area contributed by atoms with E-state index in [1.54, 1.807) is 24.3 Å². The predicted octanol–water partition coefficient (Wildman–Crippen LogP) is 5.70. The predicted molar refractivity (Wildman–Crippen MR) is 116 cm³/mol. The fraction of sp³-hybridized carbons (Fsp3) is 0.391. The maximum Gasteiger partial charge on any atom is 0.416 e. The molecule has 0 heterocycles. The summed E-state index contributed by atoms with van der Waals surface area (Å²) < 4.78 is 58.7. The number of carbonyl (C=O) groups is 2. The molecule has 0 spiro atoms. The number of halogens is 5. The van der Waals surface area contributed by atoms with Crippen LogP contribution in [0.3, 0.4) is 0 Å². The van der Waals surface area contributed by atoms with E-state index in [1.807, 2.05) is 0 Å². The first-order chi connectivity index (χ1) is 15.5. The highest BCUT2D eigenvalue weighted by Gasteiger charge is 2.46. The molecule has 33 heavy (non-hydrogen) atoms. The zero-order chi connectivity index (χ0) is 24.3. The number of carboxylic acid groups (broad SMARTS) is 1. The quantitative estimate of drug-likeness (QED) is 0.468. The van der Waals surface area contributed by atoms with Gasteiger partial charge < -0.3 is 15.2 Å². The van der Waals surface area contributed by atoms with Crippen molar-refractivity contribution in [2.24, 2.45) is 17.8 Å². The summed E-state index contributed by atoms with van der Waals surface area (Å²) >= 11 is 3.34. The second-order valence-corrected chi connectivity index (χ2v) is 9.02. The van der Waals surface area contributed by atoms with Crippen LogP contribution in [0.1, 0.15) is 29.9 Å². The van der Waals surface area contributed by atoms with Gasteiger partial charge in [0.05, 0.1) is 23.1 Å². The number of carboxylic acids is 1. The standard InChI is InChI=1S/C23H22BrF4NO4/c1-33-11-12-8-16(13-2-5-15(24)6-3-13)20(22(31)32)17(9-12)21(30)29-19-7-4-14(10-18(19)25)23(26,27)28/h2-7,10,12,16-17,20H,8-9,11H2,1H3,(H,29,30)(H,31,32). The molecule has 10 heteroatoms. The van der Waals surface area contributed by atoms with Gasteiger partial charge in [0, 0.05) is 18.2 Å². The van der Waals surface area contributed by atoms with E-state index >= 15 is 0 Å². The molecule has 3 rings (SSSR count). The molecule has 0 bridgehead atoms. The van der Waals surface area contributed by atoms with Crippen molar-refractivity contribution in [3.05, 3.63) is 63.9 Å². The van der Waals surface area contributed by atoms with Crippen molar-refractivity contribution >= 4 is 33.5 Å². The Morgan fingerprint density at radius 3 is 2.36 bits per heavy atom. The highest BCUT2D eigenvalue weighted by atomic mass is 79.9.